The van der Waals surface area contributed by atoms with Crippen molar-refractivity contribution < 1.29 is 4.79 Å². The molecule has 148 valence electrons. The van der Waals surface area contributed by atoms with E-state index in [1.165, 1.54) is 10.8 Å². The van der Waals surface area contributed by atoms with E-state index in [2.05, 4.69) is 20.4 Å². The molecule has 4 aromatic rings. The molecule has 0 unspecified atom stereocenters. The lowest BCUT2D eigenvalue weighted by Gasteiger charge is -2.05. The highest BCUT2D eigenvalue weighted by atomic mass is 35.5. The lowest BCUT2D eigenvalue weighted by atomic mass is 10.2. The van der Waals surface area contributed by atoms with Gasteiger partial charge in [0, 0.05) is 35.6 Å². The topological polar surface area (TPSA) is 72.7 Å². The van der Waals surface area contributed by atoms with Crippen LogP contribution in [0.2, 0.25) is 5.02 Å². The first-order chi connectivity index (χ1) is 14.7. The highest BCUT2D eigenvalue weighted by Gasteiger charge is 2.16. The maximum Gasteiger partial charge on any atom is 0.274 e. The van der Waals surface area contributed by atoms with E-state index >= 15 is 0 Å². The molecule has 0 aliphatic carbocycles. The zero-order chi connectivity index (χ0) is 20.8. The third-order valence-electron chi connectivity index (χ3n) is 4.34. The number of pyridine rings is 1. The number of carbonyl (C=O) groups is 1. The van der Waals surface area contributed by atoms with E-state index < -0.39 is 0 Å². The van der Waals surface area contributed by atoms with Gasteiger partial charge in [0.1, 0.15) is 0 Å². The number of allylic oxidation sites excluding steroid dienone is 1. The second-order valence-electron chi connectivity index (χ2n) is 6.44. The van der Waals surface area contributed by atoms with Gasteiger partial charge in [-0.1, -0.05) is 60.1 Å². The van der Waals surface area contributed by atoms with Gasteiger partial charge in [0.15, 0.2) is 5.82 Å². The van der Waals surface area contributed by atoms with Crippen molar-refractivity contribution in [3.8, 4) is 11.4 Å². The molecular formula is C23H18ClN5O. The number of hydrogen-bond acceptors (Lipinski definition) is 5. The van der Waals surface area contributed by atoms with Gasteiger partial charge in [-0.3, -0.25) is 9.78 Å². The number of benzene rings is 2. The lowest BCUT2D eigenvalue weighted by Crippen LogP contribution is -2.14. The minimum Gasteiger partial charge on any atom is -0.350 e. The molecule has 7 heteroatoms. The monoisotopic (exact) mass is 415 g/mol. The van der Waals surface area contributed by atoms with Crippen LogP contribution in [0, 0.1) is 0 Å². The first-order valence-corrected chi connectivity index (χ1v) is 9.71. The largest absolute Gasteiger partial charge is 0.350 e. The summed E-state index contributed by atoms with van der Waals surface area (Å²) < 4.78 is 1.25. The molecular weight excluding hydrogens is 398 g/mol. The maximum absolute atomic E-state index is 12.9. The molecule has 0 spiro atoms. The standard InChI is InChI=1S/C23H18ClN5O/c24-20-11-5-4-9-18(20)12-13-21(30)29-23(26-15-17-7-2-1-3-8-17)27-22(28-29)19-10-6-14-25-16-19/h1-14,16H,15H2,(H,26,27,28). The average Bonchev–Trinajstić information content (AvgIpc) is 3.23. The van der Waals surface area contributed by atoms with Crippen molar-refractivity contribution in [2.75, 3.05) is 5.32 Å². The van der Waals surface area contributed by atoms with Gasteiger partial charge in [-0.15, -0.1) is 5.10 Å². The molecule has 0 fully saturated rings. The van der Waals surface area contributed by atoms with Crippen LogP contribution in [0.25, 0.3) is 17.5 Å². The Kier molecular flexibility index (Phi) is 5.96. The Hall–Kier alpha value is -3.77. The molecule has 0 saturated carbocycles. The summed E-state index contributed by atoms with van der Waals surface area (Å²) in [6, 6.07) is 20.8. The second kappa shape index (κ2) is 9.15. The molecule has 6 nitrogen and oxygen atoms in total. The molecule has 2 aromatic carbocycles. The molecule has 30 heavy (non-hydrogen) atoms. The van der Waals surface area contributed by atoms with Crippen LogP contribution in [0.4, 0.5) is 5.95 Å². The third kappa shape index (κ3) is 4.61. The minimum atomic E-state index is -0.340. The van der Waals surface area contributed by atoms with Gasteiger partial charge in [0.25, 0.3) is 5.91 Å². The molecule has 0 amide bonds. The molecule has 2 aromatic heterocycles. The summed E-state index contributed by atoms with van der Waals surface area (Å²) in [5, 5.41) is 8.16. The molecule has 2 heterocycles. The highest BCUT2D eigenvalue weighted by Crippen LogP contribution is 2.19. The summed E-state index contributed by atoms with van der Waals surface area (Å²) in [6.07, 6.45) is 6.42. The Morgan fingerprint density at radius 3 is 2.60 bits per heavy atom. The summed E-state index contributed by atoms with van der Waals surface area (Å²) in [4.78, 5) is 21.5. The van der Waals surface area contributed by atoms with Crippen molar-refractivity contribution in [1.82, 2.24) is 19.7 Å². The fourth-order valence-electron chi connectivity index (χ4n) is 2.82. The Balaban J connectivity index is 1.63. The Morgan fingerprint density at radius 1 is 1.03 bits per heavy atom. The van der Waals surface area contributed by atoms with Crippen molar-refractivity contribution in [3.63, 3.8) is 0 Å². The molecule has 0 atom stereocenters. The van der Waals surface area contributed by atoms with Crippen LogP contribution in [-0.4, -0.2) is 25.7 Å². The lowest BCUT2D eigenvalue weighted by molar-refractivity contribution is 0.0957. The number of nitrogens with zero attached hydrogens (tertiary/aromatic N) is 4. The number of carbonyl (C=O) groups excluding carboxylic acids is 1. The average molecular weight is 416 g/mol. The summed E-state index contributed by atoms with van der Waals surface area (Å²) in [5.41, 5.74) is 2.54. The van der Waals surface area contributed by atoms with Crippen LogP contribution in [-0.2, 0) is 6.54 Å². The van der Waals surface area contributed by atoms with E-state index in [9.17, 15) is 4.79 Å². The van der Waals surface area contributed by atoms with Gasteiger partial charge in [0.05, 0.1) is 0 Å². The van der Waals surface area contributed by atoms with Gasteiger partial charge in [-0.05, 0) is 35.4 Å². The molecule has 1 N–H and O–H groups in total. The van der Waals surface area contributed by atoms with Gasteiger partial charge >= 0.3 is 0 Å². The Morgan fingerprint density at radius 2 is 1.83 bits per heavy atom. The molecule has 0 aliphatic rings. The first kappa shape index (κ1) is 19.5. The minimum absolute atomic E-state index is 0.340. The van der Waals surface area contributed by atoms with Crippen molar-refractivity contribution in [1.29, 1.82) is 0 Å². The van der Waals surface area contributed by atoms with Crippen LogP contribution < -0.4 is 5.32 Å². The summed E-state index contributed by atoms with van der Waals surface area (Å²) >= 11 is 6.17. The SMILES string of the molecule is O=C(C=Cc1ccccc1Cl)n1nc(-c2cccnc2)nc1NCc1ccccc1. The third-order valence-corrected chi connectivity index (χ3v) is 4.68. The molecule has 0 aliphatic heterocycles. The number of nitrogens with one attached hydrogen (secondary N) is 1. The Labute approximate surface area is 178 Å². The Bertz CT molecular complexity index is 1170. The van der Waals surface area contributed by atoms with E-state index in [0.29, 0.717) is 23.3 Å². The predicted octanol–water partition coefficient (Wildman–Crippen LogP) is 4.96. The zero-order valence-electron chi connectivity index (χ0n) is 15.9. The van der Waals surface area contributed by atoms with E-state index in [-0.39, 0.29) is 5.91 Å². The first-order valence-electron chi connectivity index (χ1n) is 9.33. The fourth-order valence-corrected chi connectivity index (χ4v) is 3.02. The van der Waals surface area contributed by atoms with Crippen molar-refractivity contribution in [2.45, 2.75) is 6.54 Å². The van der Waals surface area contributed by atoms with Crippen LogP contribution >= 0.6 is 11.6 Å². The quantitative estimate of drug-likeness (QED) is 0.450. The number of halogens is 1. The molecule has 0 saturated heterocycles. The fraction of sp³-hybridized carbons (Fsp3) is 0.0435. The van der Waals surface area contributed by atoms with Gasteiger partial charge in [-0.2, -0.15) is 9.67 Å². The van der Waals surface area contributed by atoms with Gasteiger partial charge in [-0.25, -0.2) is 0 Å². The second-order valence-corrected chi connectivity index (χ2v) is 6.85. The van der Waals surface area contributed by atoms with Crippen molar-refractivity contribution >= 4 is 29.5 Å². The molecule has 0 bridgehead atoms. The van der Waals surface area contributed by atoms with E-state index in [1.54, 1.807) is 30.6 Å². The summed E-state index contributed by atoms with van der Waals surface area (Å²) in [7, 11) is 0. The summed E-state index contributed by atoms with van der Waals surface area (Å²) in [6.45, 7) is 0.507. The van der Waals surface area contributed by atoms with E-state index in [0.717, 1.165) is 16.7 Å². The number of aromatic nitrogens is 4. The number of hydrogen-bond donors (Lipinski definition) is 1. The number of anilines is 1. The zero-order valence-corrected chi connectivity index (χ0v) is 16.7. The van der Waals surface area contributed by atoms with Crippen molar-refractivity contribution in [3.05, 3.63) is 101 Å². The van der Waals surface area contributed by atoms with Gasteiger partial charge in [0.2, 0.25) is 5.95 Å². The maximum atomic E-state index is 12.9. The normalized spacial score (nSPS) is 11.0. The van der Waals surface area contributed by atoms with E-state index in [4.69, 9.17) is 11.6 Å². The number of rotatable bonds is 6. The van der Waals surface area contributed by atoms with Crippen molar-refractivity contribution in [2.24, 2.45) is 0 Å². The predicted molar refractivity (Wildman–Crippen MR) is 118 cm³/mol. The molecule has 0 radical (unpaired) electrons. The van der Waals surface area contributed by atoms with Crippen LogP contribution in [0.3, 0.4) is 0 Å². The van der Waals surface area contributed by atoms with Gasteiger partial charge < -0.3 is 5.32 Å². The smallest absolute Gasteiger partial charge is 0.274 e. The summed E-state index contributed by atoms with van der Waals surface area (Å²) in [5.74, 6) is 0.429. The van der Waals surface area contributed by atoms with E-state index in [1.807, 2.05) is 54.6 Å². The van der Waals surface area contributed by atoms with Crippen LogP contribution in [0.5, 0.6) is 0 Å². The van der Waals surface area contributed by atoms with Crippen LogP contribution in [0.1, 0.15) is 15.9 Å². The van der Waals surface area contributed by atoms with Crippen LogP contribution in [0.15, 0.2) is 85.2 Å². The molecule has 4 rings (SSSR count). The highest BCUT2D eigenvalue weighted by molar-refractivity contribution is 6.32.